The number of likely N-dealkylation sites (N-methyl/N-ethyl adjacent to an activating group) is 1. The van der Waals surface area contributed by atoms with Crippen molar-refractivity contribution in [2.45, 2.75) is 23.9 Å². The molecule has 4 unspecified atom stereocenters. The number of aromatic nitrogens is 1. The topological polar surface area (TPSA) is 64.7 Å². The Labute approximate surface area is 187 Å². The maximum atomic E-state index is 13.9. The second-order valence-corrected chi connectivity index (χ2v) is 12.8. The number of carbonyl (C=O) groups excluding carboxylic acids is 1. The van der Waals surface area contributed by atoms with Gasteiger partial charge < -0.3 is 14.1 Å². The minimum Gasteiger partial charge on any atom is -0.476 e. The Morgan fingerprint density at radius 2 is 1.81 bits per heavy atom. The van der Waals surface area contributed by atoms with Gasteiger partial charge in [0.15, 0.2) is 13.4 Å². The van der Waals surface area contributed by atoms with E-state index >= 15 is 0 Å². The third kappa shape index (κ3) is 6.38. The summed E-state index contributed by atoms with van der Waals surface area (Å²) in [5.41, 5.74) is 1.13. The van der Waals surface area contributed by atoms with Crippen LogP contribution in [0.2, 0.25) is 0 Å². The molecular weight excluding hydrogens is 455 g/mol. The third-order valence-corrected chi connectivity index (χ3v) is 4.84. The number of alkyl halides is 1. The van der Waals surface area contributed by atoms with Gasteiger partial charge in [0.25, 0.3) is 0 Å². The van der Waals surface area contributed by atoms with Gasteiger partial charge in [-0.15, -0.1) is 0 Å². The molecule has 0 bridgehead atoms. The summed E-state index contributed by atoms with van der Waals surface area (Å²) < 4.78 is 26.2. The molecule has 1 amide bonds. The van der Waals surface area contributed by atoms with Crippen molar-refractivity contribution in [2.24, 2.45) is 0 Å². The van der Waals surface area contributed by atoms with Crippen LogP contribution in [0.3, 0.4) is 0 Å². The van der Waals surface area contributed by atoms with Gasteiger partial charge in [0.05, 0.1) is 11.1 Å². The van der Waals surface area contributed by atoms with Crippen molar-refractivity contribution in [3.05, 3.63) is 53.0 Å². The maximum Gasteiger partial charge on any atom is 0.420 e. The van der Waals surface area contributed by atoms with E-state index in [0.29, 0.717) is 16.8 Å². The highest BCUT2D eigenvalue weighted by Crippen LogP contribution is 2.37. The largest absolute Gasteiger partial charge is 0.476 e. The molecule has 1 heterocycles. The van der Waals surface area contributed by atoms with Gasteiger partial charge in [-0.2, -0.15) is 0 Å². The van der Waals surface area contributed by atoms with Crippen LogP contribution in [0.5, 0.6) is 5.75 Å². The molecule has 0 radical (unpaired) electrons. The van der Waals surface area contributed by atoms with Crippen molar-refractivity contribution in [2.75, 3.05) is 13.6 Å². The van der Waals surface area contributed by atoms with Gasteiger partial charge in [0.2, 0.25) is 5.91 Å². The second kappa shape index (κ2) is 9.02. The molecule has 0 fully saturated rings. The van der Waals surface area contributed by atoms with Crippen LogP contribution >= 0.6 is 27.7 Å². The fourth-order valence-electron chi connectivity index (χ4n) is 3.22. The fourth-order valence-corrected chi connectivity index (χ4v) is 3.63. The molecule has 0 aliphatic heterocycles. The van der Waals surface area contributed by atoms with Crippen LogP contribution in [0, 0.1) is 0 Å². The monoisotopic (exact) mass is 480 g/mol. The van der Waals surface area contributed by atoms with Crippen molar-refractivity contribution in [1.82, 2.24) is 9.47 Å². The predicted octanol–water partition coefficient (Wildman–Crippen LogP) is 2.65. The van der Waals surface area contributed by atoms with Crippen LogP contribution in [0.25, 0.3) is 22.2 Å². The number of fused-ring (bicyclic) bond motifs is 1. The molecule has 6 nitrogen and oxygen atoms in total. The number of oxazole rings is 1. The molecular formula is C20H25BFN2O4P3. The van der Waals surface area contributed by atoms with Gasteiger partial charge in [-0.05, 0) is 42.3 Å². The summed E-state index contributed by atoms with van der Waals surface area (Å²) in [6.45, 7) is 1.10. The third-order valence-electron chi connectivity index (χ3n) is 4.48. The number of halogens is 1. The van der Waals surface area contributed by atoms with Crippen molar-refractivity contribution in [3.63, 3.8) is 0 Å². The number of amides is 1. The maximum absolute atomic E-state index is 13.9. The standard InChI is InChI=1S/C20H25BFN2O4P3/c1-19(21,22)11-23(2)17(25)10-24-15-9-13(5-8-16(15)27-18(24)26)12-3-6-14(7-4-12)28-20(29,30)31/h3-9H,10-11,21,29-31H2,1-2H3. The number of hydrogen-bond donors (Lipinski definition) is 0. The van der Waals surface area contributed by atoms with E-state index in [1.54, 1.807) is 12.1 Å². The van der Waals surface area contributed by atoms with E-state index in [1.165, 1.54) is 31.3 Å². The summed E-state index contributed by atoms with van der Waals surface area (Å²) in [4.78, 5) is 25.6. The summed E-state index contributed by atoms with van der Waals surface area (Å²) >= 11 is 0. The zero-order valence-electron chi connectivity index (χ0n) is 17.6. The molecule has 0 spiro atoms. The minimum atomic E-state index is -1.53. The van der Waals surface area contributed by atoms with Gasteiger partial charge in [-0.25, -0.2) is 4.79 Å². The van der Waals surface area contributed by atoms with Crippen LogP contribution in [0.15, 0.2) is 51.7 Å². The van der Waals surface area contributed by atoms with Gasteiger partial charge in [0.1, 0.15) is 17.1 Å². The number of nitrogens with zero attached hydrogens (tertiary/aromatic N) is 2. The lowest BCUT2D eigenvalue weighted by Crippen LogP contribution is -2.41. The molecule has 31 heavy (non-hydrogen) atoms. The van der Waals surface area contributed by atoms with Crippen LogP contribution in [0.1, 0.15) is 6.92 Å². The van der Waals surface area contributed by atoms with Gasteiger partial charge in [0, 0.05) is 13.6 Å². The lowest BCUT2D eigenvalue weighted by Gasteiger charge is -2.23. The molecule has 0 N–H and O–H groups in total. The summed E-state index contributed by atoms with van der Waals surface area (Å²) in [5.74, 6) is -0.303. The Balaban J connectivity index is 1.89. The van der Waals surface area contributed by atoms with E-state index in [1.807, 2.05) is 30.3 Å². The first kappa shape index (κ1) is 23.9. The van der Waals surface area contributed by atoms with Crippen molar-refractivity contribution in [1.29, 1.82) is 0 Å². The Hall–Kier alpha value is -1.74. The Morgan fingerprint density at radius 1 is 1.19 bits per heavy atom. The highest BCUT2D eigenvalue weighted by molar-refractivity contribution is 7.56. The lowest BCUT2D eigenvalue weighted by molar-refractivity contribution is -0.131. The number of carbonyl (C=O) groups is 1. The fraction of sp³-hybridized carbons (Fsp3) is 0.300. The molecule has 164 valence electrons. The van der Waals surface area contributed by atoms with E-state index in [2.05, 4.69) is 27.7 Å². The molecule has 0 saturated heterocycles. The van der Waals surface area contributed by atoms with Gasteiger partial charge in [-0.1, -0.05) is 45.9 Å². The minimum absolute atomic E-state index is 0.0693. The van der Waals surface area contributed by atoms with Crippen LogP contribution in [-0.4, -0.2) is 47.2 Å². The van der Waals surface area contributed by atoms with Crippen LogP contribution in [0.4, 0.5) is 4.39 Å². The van der Waals surface area contributed by atoms with Crippen LogP contribution in [-0.2, 0) is 11.3 Å². The summed E-state index contributed by atoms with van der Waals surface area (Å²) in [7, 11) is 10.6. The SMILES string of the molecule is BC(C)(F)CN(C)C(=O)Cn1c(=O)oc2ccc(-c3ccc(OC(P)(P)P)cc3)cc21. The number of ether oxygens (including phenoxy) is 1. The lowest BCUT2D eigenvalue weighted by atomic mass is 9.85. The highest BCUT2D eigenvalue weighted by Gasteiger charge is 2.23. The molecule has 0 saturated carbocycles. The predicted molar refractivity (Wildman–Crippen MR) is 134 cm³/mol. The van der Waals surface area contributed by atoms with Crippen molar-refractivity contribution >= 4 is 52.6 Å². The summed E-state index contributed by atoms with van der Waals surface area (Å²) in [6.07, 6.45) is 0. The summed E-state index contributed by atoms with van der Waals surface area (Å²) in [5, 5.41) is 0. The number of rotatable bonds is 7. The quantitative estimate of drug-likeness (QED) is 0.386. The molecule has 2 aromatic carbocycles. The first-order valence-corrected chi connectivity index (χ1v) is 11.3. The van der Waals surface area contributed by atoms with Gasteiger partial charge >= 0.3 is 5.76 Å². The zero-order chi connectivity index (χ0) is 23.0. The Kier molecular flexibility index (Phi) is 6.96. The number of benzene rings is 2. The number of hydrogen-bond acceptors (Lipinski definition) is 4. The van der Waals surface area contributed by atoms with E-state index in [9.17, 15) is 14.0 Å². The van der Waals surface area contributed by atoms with E-state index in [4.69, 9.17) is 9.15 Å². The molecule has 0 aliphatic rings. The zero-order valence-corrected chi connectivity index (χ0v) is 21.1. The summed E-state index contributed by atoms with van der Waals surface area (Å²) in [6, 6.07) is 12.9. The molecule has 1 aromatic heterocycles. The molecule has 3 rings (SSSR count). The van der Waals surface area contributed by atoms with Crippen LogP contribution < -0.4 is 10.5 Å². The van der Waals surface area contributed by atoms with Crippen molar-refractivity contribution in [3.8, 4) is 16.9 Å². The average molecular weight is 480 g/mol. The highest BCUT2D eigenvalue weighted by atomic mass is 31.1. The van der Waals surface area contributed by atoms with Crippen molar-refractivity contribution < 1.29 is 18.3 Å². The average Bonchev–Trinajstić information content (AvgIpc) is 2.94. The normalized spacial score (nSPS) is 13.7. The molecule has 4 atom stereocenters. The van der Waals surface area contributed by atoms with E-state index in [-0.39, 0.29) is 19.0 Å². The Morgan fingerprint density at radius 3 is 2.39 bits per heavy atom. The van der Waals surface area contributed by atoms with E-state index < -0.39 is 16.1 Å². The molecule has 0 aliphatic carbocycles. The second-order valence-electron chi connectivity index (χ2n) is 8.09. The Bertz CT molecular complexity index is 1150. The smallest absolute Gasteiger partial charge is 0.420 e. The molecule has 3 aromatic rings. The van der Waals surface area contributed by atoms with E-state index in [0.717, 1.165) is 11.1 Å². The first-order valence-electron chi connectivity index (χ1n) is 9.55. The first-order chi connectivity index (χ1) is 14.3. The molecule has 11 heteroatoms. The van der Waals surface area contributed by atoms with Gasteiger partial charge in [-0.3, -0.25) is 13.8 Å².